The third-order valence-corrected chi connectivity index (χ3v) is 19.3. The summed E-state index contributed by atoms with van der Waals surface area (Å²) in [6.07, 6.45) is 11.3. The van der Waals surface area contributed by atoms with Crippen LogP contribution in [0.3, 0.4) is 0 Å². The Kier molecular flexibility index (Phi) is 11.4. The largest absolute Gasteiger partial charge is 0.457 e. The van der Waals surface area contributed by atoms with E-state index in [1.807, 2.05) is 20.8 Å². The van der Waals surface area contributed by atoms with Crippen molar-refractivity contribution in [2.75, 3.05) is 0 Å². The van der Waals surface area contributed by atoms with Crippen molar-refractivity contribution in [2.45, 2.75) is 162 Å². The van der Waals surface area contributed by atoms with Gasteiger partial charge >= 0.3 is 5.97 Å². The van der Waals surface area contributed by atoms with Crippen molar-refractivity contribution in [1.29, 1.82) is 0 Å². The minimum atomic E-state index is -1.99. The Hall–Kier alpha value is -0.696. The summed E-state index contributed by atoms with van der Waals surface area (Å²) in [7, 11) is -3.91. The van der Waals surface area contributed by atoms with Crippen molar-refractivity contribution >= 4 is 22.6 Å². The first-order valence-electron chi connectivity index (χ1n) is 15.9. The predicted octanol–water partition coefficient (Wildman–Crippen LogP) is 10.1. The van der Waals surface area contributed by atoms with Crippen LogP contribution in [-0.4, -0.2) is 40.9 Å². The van der Waals surface area contributed by atoms with Gasteiger partial charge in [-0.3, -0.25) is 4.79 Å². The van der Waals surface area contributed by atoms with Crippen LogP contribution in [0.4, 0.5) is 0 Å². The third kappa shape index (κ3) is 8.67. The van der Waals surface area contributed by atoms with E-state index in [-0.39, 0.29) is 46.2 Å². The van der Waals surface area contributed by atoms with E-state index in [1.54, 1.807) is 0 Å². The van der Waals surface area contributed by atoms with Crippen LogP contribution < -0.4 is 0 Å². The van der Waals surface area contributed by atoms with Crippen LogP contribution in [0.25, 0.3) is 0 Å². The Morgan fingerprint density at radius 2 is 1.52 bits per heavy atom. The number of hydrogen-bond acceptors (Lipinski definition) is 4. The lowest BCUT2D eigenvalue weighted by Gasteiger charge is -2.40. The van der Waals surface area contributed by atoms with Crippen LogP contribution in [-0.2, 0) is 18.4 Å². The molecule has 0 radical (unpaired) electrons. The van der Waals surface area contributed by atoms with Gasteiger partial charge in [-0.15, -0.1) is 0 Å². The molecule has 2 rings (SSSR count). The van der Waals surface area contributed by atoms with Gasteiger partial charge in [0.25, 0.3) is 0 Å². The molecule has 0 spiro atoms. The van der Waals surface area contributed by atoms with Gasteiger partial charge in [0.05, 0.1) is 17.6 Å². The first-order chi connectivity index (χ1) is 18.0. The van der Waals surface area contributed by atoms with Crippen LogP contribution in [0, 0.1) is 23.2 Å². The Morgan fingerprint density at radius 1 is 0.950 bits per heavy atom. The summed E-state index contributed by atoms with van der Waals surface area (Å²) in [5, 5.41) is 0.304. The molecule has 0 aromatic carbocycles. The summed E-state index contributed by atoms with van der Waals surface area (Å²) in [5.74, 6) is 0.758. The monoisotopic (exact) mass is 592 g/mol. The molecule has 0 N–H and O–H groups in total. The fourth-order valence-corrected chi connectivity index (χ4v) is 8.20. The van der Waals surface area contributed by atoms with E-state index < -0.39 is 22.0 Å². The molecule has 0 bridgehead atoms. The highest BCUT2D eigenvalue weighted by Gasteiger charge is 2.54. The molecular weight excluding hydrogens is 529 g/mol. The minimum Gasteiger partial charge on any atom is -0.457 e. The fraction of sp³-hybridized carbons (Fsp3) is 0.853. The fourth-order valence-electron chi connectivity index (χ4n) is 5.53. The zero-order chi connectivity index (χ0) is 30.9. The second-order valence-corrected chi connectivity index (χ2v) is 26.3. The summed E-state index contributed by atoms with van der Waals surface area (Å²) < 4.78 is 20.3. The first kappa shape index (κ1) is 35.5. The molecular formula is C34H64O4Si2. The molecule has 0 aromatic heterocycles. The average molecular weight is 593 g/mol. The summed E-state index contributed by atoms with van der Waals surface area (Å²) >= 11 is 0. The summed E-state index contributed by atoms with van der Waals surface area (Å²) in [6.45, 7) is 35.8. The zero-order valence-electron chi connectivity index (χ0n) is 28.7. The van der Waals surface area contributed by atoms with Gasteiger partial charge in [0, 0.05) is 11.8 Å². The molecule has 0 saturated heterocycles. The molecule has 232 valence electrons. The van der Waals surface area contributed by atoms with E-state index in [1.165, 1.54) is 19.3 Å². The molecule has 2 aliphatic carbocycles. The maximum atomic E-state index is 12.9. The highest BCUT2D eigenvalue weighted by Crippen LogP contribution is 2.54. The van der Waals surface area contributed by atoms with Gasteiger partial charge in [0.1, 0.15) is 6.10 Å². The van der Waals surface area contributed by atoms with Crippen LogP contribution in [0.1, 0.15) is 108 Å². The second kappa shape index (κ2) is 12.9. The topological polar surface area (TPSA) is 44.8 Å². The number of rotatable bonds is 11. The van der Waals surface area contributed by atoms with Crippen LogP contribution in [0.2, 0.25) is 36.3 Å². The smallest absolute Gasteiger partial charge is 0.311 e. The van der Waals surface area contributed by atoms with Gasteiger partial charge in [0.2, 0.25) is 0 Å². The molecule has 0 aliphatic heterocycles. The molecule has 6 atom stereocenters. The van der Waals surface area contributed by atoms with Gasteiger partial charge in [-0.1, -0.05) is 86.5 Å². The number of carbonyl (C=O) groups excluding carboxylic acids is 1. The Labute approximate surface area is 250 Å². The average Bonchev–Trinajstić information content (AvgIpc) is 3.23. The summed E-state index contributed by atoms with van der Waals surface area (Å²) in [6, 6.07) is 0. The number of carbonyl (C=O) groups is 1. The highest BCUT2D eigenvalue weighted by atomic mass is 28.4. The number of ether oxygens (including phenoxy) is 1. The maximum absolute atomic E-state index is 12.9. The standard InChI is InChI=1S/C34H64O4Si2/c1-16-17-18-19-25(37-39(12,13)33(6,7)8)20-21-26-27-22-24(2)30(36-31(35)32(3,4)5)28(27)23-29(26)38-40(14,15)34(9,10)11/h20-21,25-30H,2,16-19,22-23H2,1,3-15H3/t25-,26-,27+,28-,29+,30?/m0/s1. The molecule has 2 aliphatic rings. The molecule has 2 saturated carbocycles. The quantitative estimate of drug-likeness (QED) is 0.104. The van der Waals surface area contributed by atoms with E-state index in [2.05, 4.69) is 93.4 Å². The molecule has 0 aromatic rings. The summed E-state index contributed by atoms with van der Waals surface area (Å²) in [5.41, 5.74) is 0.536. The van der Waals surface area contributed by atoms with Crippen LogP contribution >= 0.6 is 0 Å². The summed E-state index contributed by atoms with van der Waals surface area (Å²) in [4.78, 5) is 12.9. The van der Waals surface area contributed by atoms with Crippen molar-refractivity contribution in [3.05, 3.63) is 24.3 Å². The molecule has 40 heavy (non-hydrogen) atoms. The second-order valence-electron chi connectivity index (χ2n) is 16.8. The lowest BCUT2D eigenvalue weighted by Crippen LogP contribution is -2.45. The Bertz CT molecular complexity index is 900. The highest BCUT2D eigenvalue weighted by molar-refractivity contribution is 6.74. The van der Waals surface area contributed by atoms with E-state index in [0.717, 1.165) is 24.8 Å². The zero-order valence-corrected chi connectivity index (χ0v) is 30.7. The first-order valence-corrected chi connectivity index (χ1v) is 21.8. The molecule has 0 amide bonds. The van der Waals surface area contributed by atoms with Gasteiger partial charge in [-0.2, -0.15) is 0 Å². The van der Waals surface area contributed by atoms with Crippen molar-refractivity contribution in [3.63, 3.8) is 0 Å². The molecule has 2 fully saturated rings. The van der Waals surface area contributed by atoms with E-state index >= 15 is 0 Å². The minimum absolute atomic E-state index is 0.124. The van der Waals surface area contributed by atoms with Crippen molar-refractivity contribution in [1.82, 2.24) is 0 Å². The van der Waals surface area contributed by atoms with Crippen molar-refractivity contribution in [2.24, 2.45) is 23.2 Å². The maximum Gasteiger partial charge on any atom is 0.311 e. The molecule has 6 heteroatoms. The van der Waals surface area contributed by atoms with Crippen LogP contribution in [0.15, 0.2) is 24.3 Å². The number of unbranched alkanes of at least 4 members (excludes halogenated alkanes) is 2. The SMILES string of the molecule is C=C1C[C@@H]2[C@H](C=C[C@H](CCCCC)O[Si](C)(C)C(C)(C)C)[C@H](O[Si](C)(C)C(C)(C)C)C[C@@H]2C1OC(=O)C(C)(C)C. The molecule has 1 unspecified atom stereocenters. The number of hydrogen-bond donors (Lipinski definition) is 0. The van der Waals surface area contributed by atoms with Gasteiger partial charge in [-0.25, -0.2) is 0 Å². The van der Waals surface area contributed by atoms with E-state index in [0.29, 0.717) is 5.92 Å². The van der Waals surface area contributed by atoms with Crippen molar-refractivity contribution in [3.8, 4) is 0 Å². The van der Waals surface area contributed by atoms with E-state index in [4.69, 9.17) is 13.6 Å². The molecule has 4 nitrogen and oxygen atoms in total. The lowest BCUT2D eigenvalue weighted by molar-refractivity contribution is -0.158. The Balaban J connectivity index is 2.41. The van der Waals surface area contributed by atoms with Crippen LogP contribution in [0.5, 0.6) is 0 Å². The lowest BCUT2D eigenvalue weighted by atomic mass is 9.90. The number of esters is 1. The van der Waals surface area contributed by atoms with Crippen molar-refractivity contribution < 1.29 is 18.4 Å². The van der Waals surface area contributed by atoms with Gasteiger partial charge in [-0.05, 0) is 87.8 Å². The Morgan fingerprint density at radius 3 is 2.02 bits per heavy atom. The van der Waals surface area contributed by atoms with Gasteiger partial charge < -0.3 is 13.6 Å². The predicted molar refractivity (Wildman–Crippen MR) is 176 cm³/mol. The molecule has 0 heterocycles. The third-order valence-electron chi connectivity index (χ3n) is 10.3. The van der Waals surface area contributed by atoms with E-state index in [9.17, 15) is 4.79 Å². The number of fused-ring (bicyclic) bond motifs is 1. The van der Waals surface area contributed by atoms with Gasteiger partial charge in [0.15, 0.2) is 16.6 Å². The normalized spacial score (nSPS) is 27.4.